The molecular weight excluding hydrogens is 192 g/mol. The fourth-order valence-corrected chi connectivity index (χ4v) is 1.66. The summed E-state index contributed by atoms with van der Waals surface area (Å²) in [4.78, 5) is 10.8. The van der Waals surface area contributed by atoms with Crippen LogP contribution >= 0.6 is 0 Å². The average molecular weight is 208 g/mol. The Morgan fingerprint density at radius 1 is 1.67 bits per heavy atom. The monoisotopic (exact) mass is 208 g/mol. The molecule has 1 saturated heterocycles. The minimum absolute atomic E-state index is 0.326. The number of nitrogens with two attached hydrogens (primary N) is 1. The average Bonchev–Trinajstić information content (AvgIpc) is 2.30. The fourth-order valence-electron chi connectivity index (χ4n) is 1.66. The molecule has 0 spiro atoms. The third-order valence-electron chi connectivity index (χ3n) is 2.53. The summed E-state index contributed by atoms with van der Waals surface area (Å²) in [6.07, 6.45) is 1.76. The molecule has 1 atom stereocenters. The van der Waals surface area contributed by atoms with Gasteiger partial charge in [-0.05, 0) is 13.0 Å². The van der Waals surface area contributed by atoms with Crippen LogP contribution in [0.25, 0.3) is 0 Å². The molecule has 5 heteroatoms. The van der Waals surface area contributed by atoms with Gasteiger partial charge in [0.2, 0.25) is 5.95 Å². The molecule has 1 fully saturated rings. The summed E-state index contributed by atoms with van der Waals surface area (Å²) in [7, 11) is 0. The number of anilines is 1. The highest BCUT2D eigenvalue weighted by atomic mass is 16.5. The van der Waals surface area contributed by atoms with Crippen LogP contribution in [-0.2, 0) is 11.3 Å². The van der Waals surface area contributed by atoms with E-state index in [0.717, 1.165) is 31.4 Å². The molecule has 2 heterocycles. The summed E-state index contributed by atoms with van der Waals surface area (Å²) in [5.41, 5.74) is 6.42. The molecule has 1 aliphatic rings. The van der Waals surface area contributed by atoms with Gasteiger partial charge in [-0.25, -0.2) is 9.97 Å². The van der Waals surface area contributed by atoms with E-state index in [-0.39, 0.29) is 0 Å². The van der Waals surface area contributed by atoms with E-state index in [1.165, 1.54) is 0 Å². The first-order valence-electron chi connectivity index (χ1n) is 5.17. The zero-order chi connectivity index (χ0) is 10.7. The molecule has 2 rings (SSSR count). The Balaban J connectivity index is 2.19. The largest absolute Gasteiger partial charge is 0.377 e. The summed E-state index contributed by atoms with van der Waals surface area (Å²) in [5, 5.41) is 0. The van der Waals surface area contributed by atoms with Crippen molar-refractivity contribution in [2.24, 2.45) is 5.73 Å². The third-order valence-corrected chi connectivity index (χ3v) is 2.53. The van der Waals surface area contributed by atoms with Crippen LogP contribution in [0.15, 0.2) is 12.3 Å². The second-order valence-corrected chi connectivity index (χ2v) is 3.67. The van der Waals surface area contributed by atoms with E-state index in [0.29, 0.717) is 12.6 Å². The summed E-state index contributed by atoms with van der Waals surface area (Å²) >= 11 is 0. The molecule has 5 nitrogen and oxygen atoms in total. The highest BCUT2D eigenvalue weighted by molar-refractivity contribution is 5.32. The topological polar surface area (TPSA) is 64.3 Å². The number of hydrogen-bond acceptors (Lipinski definition) is 5. The van der Waals surface area contributed by atoms with Crippen molar-refractivity contribution in [2.45, 2.75) is 19.5 Å². The SMILES string of the molecule is CC1COCCN1c1nccc(CN)n1. The molecule has 0 bridgehead atoms. The van der Waals surface area contributed by atoms with E-state index in [2.05, 4.69) is 21.8 Å². The van der Waals surface area contributed by atoms with Crippen LogP contribution in [-0.4, -0.2) is 35.8 Å². The first-order valence-corrected chi connectivity index (χ1v) is 5.17. The van der Waals surface area contributed by atoms with Gasteiger partial charge in [0.05, 0.1) is 24.9 Å². The number of ether oxygens (including phenoxy) is 1. The standard InChI is InChI=1S/C10H16N4O/c1-8-7-15-5-4-14(8)10-12-3-2-9(6-11)13-10/h2-3,8H,4-7,11H2,1H3. The normalized spacial score (nSPS) is 21.7. The van der Waals surface area contributed by atoms with Gasteiger partial charge in [-0.3, -0.25) is 0 Å². The van der Waals surface area contributed by atoms with Crippen molar-refractivity contribution in [3.8, 4) is 0 Å². The first-order chi connectivity index (χ1) is 7.31. The lowest BCUT2D eigenvalue weighted by Gasteiger charge is -2.33. The lowest BCUT2D eigenvalue weighted by Crippen LogP contribution is -2.44. The maximum atomic E-state index is 5.55. The smallest absolute Gasteiger partial charge is 0.225 e. The summed E-state index contributed by atoms with van der Waals surface area (Å²) in [5.74, 6) is 0.758. The van der Waals surface area contributed by atoms with Crippen molar-refractivity contribution in [1.82, 2.24) is 9.97 Å². The molecule has 0 radical (unpaired) electrons. The van der Waals surface area contributed by atoms with Crippen molar-refractivity contribution < 1.29 is 4.74 Å². The molecular formula is C10H16N4O. The second-order valence-electron chi connectivity index (χ2n) is 3.67. The zero-order valence-corrected chi connectivity index (χ0v) is 8.89. The van der Waals surface area contributed by atoms with Gasteiger partial charge in [-0.15, -0.1) is 0 Å². The summed E-state index contributed by atoms with van der Waals surface area (Å²) < 4.78 is 5.37. The summed E-state index contributed by atoms with van der Waals surface area (Å²) in [6.45, 7) is 4.87. The molecule has 1 aromatic heterocycles. The maximum Gasteiger partial charge on any atom is 0.225 e. The fraction of sp³-hybridized carbons (Fsp3) is 0.600. The minimum atomic E-state index is 0.326. The van der Waals surface area contributed by atoms with Gasteiger partial charge >= 0.3 is 0 Å². The van der Waals surface area contributed by atoms with E-state index in [4.69, 9.17) is 10.5 Å². The Morgan fingerprint density at radius 3 is 3.27 bits per heavy atom. The predicted octanol–water partition coefficient (Wildman–Crippen LogP) is 0.160. The van der Waals surface area contributed by atoms with E-state index < -0.39 is 0 Å². The molecule has 82 valence electrons. The van der Waals surface area contributed by atoms with Gasteiger partial charge < -0.3 is 15.4 Å². The van der Waals surface area contributed by atoms with Crippen molar-refractivity contribution >= 4 is 5.95 Å². The van der Waals surface area contributed by atoms with Crippen molar-refractivity contribution in [2.75, 3.05) is 24.7 Å². The van der Waals surface area contributed by atoms with Crippen LogP contribution in [0.3, 0.4) is 0 Å². The third kappa shape index (κ3) is 2.24. The van der Waals surface area contributed by atoms with Gasteiger partial charge in [-0.1, -0.05) is 0 Å². The molecule has 0 aromatic carbocycles. The van der Waals surface area contributed by atoms with Gasteiger partial charge in [-0.2, -0.15) is 0 Å². The number of morpholine rings is 1. The van der Waals surface area contributed by atoms with Crippen molar-refractivity contribution in [3.63, 3.8) is 0 Å². The predicted molar refractivity (Wildman–Crippen MR) is 57.6 cm³/mol. The zero-order valence-electron chi connectivity index (χ0n) is 8.89. The lowest BCUT2D eigenvalue weighted by molar-refractivity contribution is 0.0980. The minimum Gasteiger partial charge on any atom is -0.377 e. The Labute approximate surface area is 89.3 Å². The molecule has 0 saturated carbocycles. The van der Waals surface area contributed by atoms with E-state index in [1.807, 2.05) is 6.07 Å². The van der Waals surface area contributed by atoms with E-state index >= 15 is 0 Å². The van der Waals surface area contributed by atoms with Crippen LogP contribution in [0.1, 0.15) is 12.6 Å². The summed E-state index contributed by atoms with van der Waals surface area (Å²) in [6, 6.07) is 2.17. The van der Waals surface area contributed by atoms with Crippen LogP contribution in [0.4, 0.5) is 5.95 Å². The van der Waals surface area contributed by atoms with Crippen LogP contribution in [0.5, 0.6) is 0 Å². The Hall–Kier alpha value is -1.20. The second kappa shape index (κ2) is 4.55. The molecule has 1 unspecified atom stereocenters. The molecule has 1 aliphatic heterocycles. The highest BCUT2D eigenvalue weighted by Crippen LogP contribution is 2.14. The van der Waals surface area contributed by atoms with Gasteiger partial charge in [0, 0.05) is 19.3 Å². The van der Waals surface area contributed by atoms with Crippen LogP contribution < -0.4 is 10.6 Å². The van der Waals surface area contributed by atoms with E-state index in [1.54, 1.807) is 6.20 Å². The number of aromatic nitrogens is 2. The highest BCUT2D eigenvalue weighted by Gasteiger charge is 2.21. The molecule has 0 aliphatic carbocycles. The molecule has 0 amide bonds. The lowest BCUT2D eigenvalue weighted by atomic mass is 10.3. The molecule has 1 aromatic rings. The Bertz CT molecular complexity index is 331. The van der Waals surface area contributed by atoms with Crippen molar-refractivity contribution in [1.29, 1.82) is 0 Å². The van der Waals surface area contributed by atoms with E-state index in [9.17, 15) is 0 Å². The van der Waals surface area contributed by atoms with Crippen LogP contribution in [0, 0.1) is 0 Å². The Kier molecular flexibility index (Phi) is 3.13. The quantitative estimate of drug-likeness (QED) is 0.750. The number of nitrogens with zero attached hydrogens (tertiary/aromatic N) is 3. The number of rotatable bonds is 2. The number of hydrogen-bond donors (Lipinski definition) is 1. The van der Waals surface area contributed by atoms with Gasteiger partial charge in [0.1, 0.15) is 0 Å². The van der Waals surface area contributed by atoms with Crippen LogP contribution in [0.2, 0.25) is 0 Å². The molecule has 2 N–H and O–H groups in total. The Morgan fingerprint density at radius 2 is 2.53 bits per heavy atom. The van der Waals surface area contributed by atoms with Gasteiger partial charge in [0.25, 0.3) is 0 Å². The van der Waals surface area contributed by atoms with Crippen molar-refractivity contribution in [3.05, 3.63) is 18.0 Å². The maximum absolute atomic E-state index is 5.55. The first kappa shape index (κ1) is 10.3. The van der Waals surface area contributed by atoms with Gasteiger partial charge in [0.15, 0.2) is 0 Å². The molecule has 15 heavy (non-hydrogen) atoms.